The van der Waals surface area contributed by atoms with Crippen molar-refractivity contribution in [2.24, 2.45) is 17.3 Å². The molecule has 4 nitrogen and oxygen atoms in total. The van der Waals surface area contributed by atoms with Crippen molar-refractivity contribution in [1.82, 2.24) is 0 Å². The molecule has 0 atom stereocenters. The van der Waals surface area contributed by atoms with Crippen LogP contribution in [0.1, 0.15) is 163 Å². The second-order valence-corrected chi connectivity index (χ2v) is 12.2. The number of ether oxygens (including phenoxy) is 2. The monoisotopic (exact) mass is 508 g/mol. The van der Waals surface area contributed by atoms with E-state index < -0.39 is 5.41 Å². The van der Waals surface area contributed by atoms with E-state index in [4.69, 9.17) is 9.47 Å². The Hall–Kier alpha value is -1.06. The average molecular weight is 509 g/mol. The van der Waals surface area contributed by atoms with Crippen molar-refractivity contribution in [3.8, 4) is 0 Å². The number of hydrogen-bond acceptors (Lipinski definition) is 4. The molecule has 0 aromatic heterocycles. The Kier molecular flexibility index (Phi) is 19.2. The molecule has 0 N–H and O–H groups in total. The van der Waals surface area contributed by atoms with Crippen molar-refractivity contribution in [1.29, 1.82) is 0 Å². The quantitative estimate of drug-likeness (QED) is 0.118. The molecule has 0 bridgehead atoms. The molecule has 2 rings (SSSR count). The summed E-state index contributed by atoms with van der Waals surface area (Å²) in [5.41, 5.74) is -1.05. The van der Waals surface area contributed by atoms with Crippen LogP contribution in [0.3, 0.4) is 0 Å². The molecule has 0 aromatic rings. The first-order valence-electron chi connectivity index (χ1n) is 15.7. The van der Waals surface area contributed by atoms with E-state index >= 15 is 0 Å². The van der Waals surface area contributed by atoms with Gasteiger partial charge in [0.25, 0.3) is 0 Å². The van der Waals surface area contributed by atoms with Gasteiger partial charge < -0.3 is 9.47 Å². The first kappa shape index (κ1) is 33.0. The number of carbonyl (C=O) groups is 2. The van der Waals surface area contributed by atoms with Crippen molar-refractivity contribution in [3.63, 3.8) is 0 Å². The highest BCUT2D eigenvalue weighted by atomic mass is 16.6. The van der Waals surface area contributed by atoms with Gasteiger partial charge in [-0.15, -0.1) is 0 Å². The van der Waals surface area contributed by atoms with Crippen LogP contribution in [0, 0.1) is 17.3 Å². The van der Waals surface area contributed by atoms with E-state index in [0.29, 0.717) is 26.1 Å². The molecule has 0 amide bonds. The van der Waals surface area contributed by atoms with Crippen molar-refractivity contribution < 1.29 is 19.1 Å². The summed E-state index contributed by atoms with van der Waals surface area (Å²) in [7, 11) is 0. The van der Waals surface area contributed by atoms with Crippen LogP contribution in [0.5, 0.6) is 0 Å². The molecular weight excluding hydrogens is 448 g/mol. The van der Waals surface area contributed by atoms with E-state index in [1.807, 2.05) is 0 Å². The topological polar surface area (TPSA) is 52.6 Å². The fourth-order valence-corrected chi connectivity index (χ4v) is 5.33. The number of hydrogen-bond donors (Lipinski definition) is 0. The van der Waals surface area contributed by atoms with E-state index in [9.17, 15) is 9.59 Å². The third-order valence-corrected chi connectivity index (χ3v) is 7.81. The predicted octanol–water partition coefficient (Wildman–Crippen LogP) is 9.58. The van der Waals surface area contributed by atoms with Gasteiger partial charge in [0.2, 0.25) is 0 Å². The van der Waals surface area contributed by atoms with Gasteiger partial charge >= 0.3 is 11.9 Å². The van der Waals surface area contributed by atoms with Crippen molar-refractivity contribution in [2.45, 2.75) is 163 Å². The third kappa shape index (κ3) is 15.3. The summed E-state index contributed by atoms with van der Waals surface area (Å²) in [4.78, 5) is 25.7. The summed E-state index contributed by atoms with van der Waals surface area (Å²) in [6, 6.07) is 0. The largest absolute Gasteiger partial charge is 0.465 e. The summed E-state index contributed by atoms with van der Waals surface area (Å²) in [5.74, 6) is 0.817. The first-order valence-corrected chi connectivity index (χ1v) is 15.7. The Labute approximate surface area is 224 Å². The van der Waals surface area contributed by atoms with Crippen LogP contribution < -0.4 is 0 Å². The summed E-state index contributed by atoms with van der Waals surface area (Å²) in [5, 5.41) is 0. The Morgan fingerprint density at radius 3 is 1.22 bits per heavy atom. The van der Waals surface area contributed by atoms with E-state index in [2.05, 4.69) is 27.7 Å². The normalized spacial score (nSPS) is 17.4. The van der Waals surface area contributed by atoms with E-state index in [0.717, 1.165) is 56.8 Å². The van der Waals surface area contributed by atoms with Gasteiger partial charge in [-0.3, -0.25) is 9.59 Å². The molecule has 36 heavy (non-hydrogen) atoms. The molecule has 0 heterocycles. The molecule has 0 radical (unpaired) electrons. The lowest BCUT2D eigenvalue weighted by Gasteiger charge is -2.32. The average Bonchev–Trinajstić information content (AvgIpc) is 2.88. The SMILES string of the molecule is C1CCCCC1.CC(C)CCCCCCOC(=O)C1(C(=O)OCCCCCCC(C)C)CCCCC1. The fourth-order valence-electron chi connectivity index (χ4n) is 5.33. The van der Waals surface area contributed by atoms with Crippen LogP contribution >= 0.6 is 0 Å². The standard InChI is InChI=1S/C26H48O4.C6H12/c1-22(2)16-10-5-7-14-20-29-24(27)26(18-12-9-13-19-26)25(28)30-21-15-8-6-11-17-23(3)4;1-2-4-6-5-3-1/h22-23H,5-21H2,1-4H3;1-6H2. The van der Waals surface area contributed by atoms with Gasteiger partial charge in [-0.25, -0.2) is 0 Å². The molecule has 0 unspecified atom stereocenters. The molecule has 212 valence electrons. The lowest BCUT2D eigenvalue weighted by atomic mass is 9.74. The second kappa shape index (κ2) is 20.9. The summed E-state index contributed by atoms with van der Waals surface area (Å²) in [6.07, 6.45) is 24.3. The van der Waals surface area contributed by atoms with Crippen molar-refractivity contribution in [2.75, 3.05) is 13.2 Å². The maximum Gasteiger partial charge on any atom is 0.323 e. The smallest absolute Gasteiger partial charge is 0.323 e. The highest BCUT2D eigenvalue weighted by Gasteiger charge is 2.49. The Bertz CT molecular complexity index is 497. The van der Waals surface area contributed by atoms with E-state index in [1.165, 1.54) is 77.0 Å². The molecule has 0 spiro atoms. The van der Waals surface area contributed by atoms with Gasteiger partial charge in [-0.2, -0.15) is 0 Å². The minimum Gasteiger partial charge on any atom is -0.465 e. The highest BCUT2D eigenvalue weighted by molar-refractivity contribution is 6.00. The molecule has 2 saturated carbocycles. The molecule has 4 heteroatoms. The minimum absolute atomic E-state index is 0.341. The van der Waals surface area contributed by atoms with Gasteiger partial charge in [0.15, 0.2) is 5.41 Å². The van der Waals surface area contributed by atoms with Gasteiger partial charge in [0.1, 0.15) is 0 Å². The van der Waals surface area contributed by atoms with Gasteiger partial charge in [-0.1, -0.05) is 137 Å². The third-order valence-electron chi connectivity index (χ3n) is 7.81. The molecule has 2 fully saturated rings. The Balaban J connectivity index is 0.000000936. The summed E-state index contributed by atoms with van der Waals surface area (Å²) in [6.45, 7) is 9.83. The van der Waals surface area contributed by atoms with Crippen LogP contribution in [0.15, 0.2) is 0 Å². The Morgan fingerprint density at radius 1 is 0.528 bits per heavy atom. The van der Waals surface area contributed by atoms with Gasteiger partial charge in [-0.05, 0) is 37.5 Å². The molecular formula is C32H60O4. The summed E-state index contributed by atoms with van der Waals surface area (Å²) >= 11 is 0. The molecule has 2 aliphatic rings. The minimum atomic E-state index is -1.05. The van der Waals surface area contributed by atoms with Crippen LogP contribution in [0.25, 0.3) is 0 Å². The van der Waals surface area contributed by atoms with Crippen molar-refractivity contribution >= 4 is 11.9 Å². The Morgan fingerprint density at radius 2 is 0.861 bits per heavy atom. The van der Waals surface area contributed by atoms with Crippen LogP contribution in [-0.4, -0.2) is 25.2 Å². The molecule has 0 aromatic carbocycles. The predicted molar refractivity (Wildman–Crippen MR) is 151 cm³/mol. The number of carbonyl (C=O) groups excluding carboxylic acids is 2. The van der Waals surface area contributed by atoms with Crippen LogP contribution in [0.4, 0.5) is 0 Å². The summed E-state index contributed by atoms with van der Waals surface area (Å²) < 4.78 is 11.2. The second-order valence-electron chi connectivity index (χ2n) is 12.2. The maximum absolute atomic E-state index is 12.9. The van der Waals surface area contributed by atoms with Crippen molar-refractivity contribution in [3.05, 3.63) is 0 Å². The maximum atomic E-state index is 12.9. The van der Waals surface area contributed by atoms with E-state index in [-0.39, 0.29) is 11.9 Å². The van der Waals surface area contributed by atoms with Gasteiger partial charge in [0.05, 0.1) is 13.2 Å². The zero-order valence-electron chi connectivity index (χ0n) is 24.6. The number of unbranched alkanes of at least 4 members (excludes halogenated alkanes) is 6. The van der Waals surface area contributed by atoms with Gasteiger partial charge in [0, 0.05) is 0 Å². The molecule has 0 saturated heterocycles. The number of rotatable bonds is 16. The first-order chi connectivity index (χ1) is 17.4. The zero-order chi connectivity index (χ0) is 26.5. The van der Waals surface area contributed by atoms with Crippen LogP contribution in [0.2, 0.25) is 0 Å². The highest BCUT2D eigenvalue weighted by Crippen LogP contribution is 2.39. The number of esters is 2. The molecule has 2 aliphatic carbocycles. The fraction of sp³-hybridized carbons (Fsp3) is 0.938. The van der Waals surface area contributed by atoms with Crippen LogP contribution in [-0.2, 0) is 19.1 Å². The van der Waals surface area contributed by atoms with E-state index in [1.54, 1.807) is 0 Å². The lowest BCUT2D eigenvalue weighted by molar-refractivity contribution is -0.175. The lowest BCUT2D eigenvalue weighted by Crippen LogP contribution is -2.43. The molecule has 0 aliphatic heterocycles. The zero-order valence-corrected chi connectivity index (χ0v) is 24.6.